The second kappa shape index (κ2) is 10.6. The number of carbonyl (C=O) groups is 3. The predicted molar refractivity (Wildman–Crippen MR) is 117 cm³/mol. The van der Waals surface area contributed by atoms with Gasteiger partial charge in [0.2, 0.25) is 0 Å². The van der Waals surface area contributed by atoms with E-state index in [1.165, 1.54) is 0 Å². The van der Waals surface area contributed by atoms with Crippen LogP contribution >= 0.6 is 22.6 Å². The van der Waals surface area contributed by atoms with Gasteiger partial charge in [0.05, 0.1) is 0 Å². The molecule has 0 unspecified atom stereocenters. The Labute approximate surface area is 183 Å². The third-order valence-corrected chi connectivity index (χ3v) is 3.79. The summed E-state index contributed by atoms with van der Waals surface area (Å²) in [5, 5.41) is 0. The molecule has 0 aliphatic rings. The van der Waals surface area contributed by atoms with Gasteiger partial charge in [-0.1, -0.05) is 29.0 Å². The molecule has 164 valence electrons. The van der Waals surface area contributed by atoms with Crippen LogP contribution in [0.2, 0.25) is 0 Å². The van der Waals surface area contributed by atoms with Crippen molar-refractivity contribution in [3.05, 3.63) is 0 Å². The highest BCUT2D eigenvalue weighted by atomic mass is 127. The van der Waals surface area contributed by atoms with Crippen molar-refractivity contribution >= 4 is 40.7 Å². The lowest BCUT2D eigenvalue weighted by molar-refractivity contribution is -0.161. The summed E-state index contributed by atoms with van der Waals surface area (Å²) >= 11 is 2.24. The highest BCUT2D eigenvalue weighted by molar-refractivity contribution is 14.1. The van der Waals surface area contributed by atoms with Gasteiger partial charge in [-0.3, -0.25) is 0 Å². The summed E-state index contributed by atoms with van der Waals surface area (Å²) in [5.74, 6) is -0.655. The quantitative estimate of drug-likeness (QED) is 0.154. The summed E-state index contributed by atoms with van der Waals surface area (Å²) < 4.78 is 17.1. The van der Waals surface area contributed by atoms with E-state index in [4.69, 9.17) is 14.2 Å². The van der Waals surface area contributed by atoms with Crippen LogP contribution < -0.4 is 0 Å². The van der Waals surface area contributed by atoms with E-state index >= 15 is 0 Å². The number of esters is 1. The van der Waals surface area contributed by atoms with Gasteiger partial charge in [-0.25, -0.2) is 14.4 Å². The highest BCUT2D eigenvalue weighted by Crippen LogP contribution is 2.22. The Morgan fingerprint density at radius 2 is 1.14 bits per heavy atom. The molecule has 0 aliphatic heterocycles. The van der Waals surface area contributed by atoms with Gasteiger partial charge in [0.1, 0.15) is 22.8 Å². The van der Waals surface area contributed by atoms with Crippen LogP contribution in [0.25, 0.3) is 0 Å². The lowest BCUT2D eigenvalue weighted by atomic mass is 10.1. The molecule has 0 saturated carbocycles. The number of carbonyl (C=O) groups excluding carboxylic acids is 3. The molecule has 1 atom stereocenters. The smallest absolute Gasteiger partial charge is 0.420 e. The molecule has 2 amide bonds. The Morgan fingerprint density at radius 3 is 1.46 bits per heavy atom. The van der Waals surface area contributed by atoms with Gasteiger partial charge in [0.15, 0.2) is 0 Å². The number of rotatable bonds is 6. The molecule has 7 nitrogen and oxygen atoms in total. The Balaban J connectivity index is 5.92. The molecule has 0 heterocycles. The molecule has 0 rings (SSSR count). The first-order valence-corrected chi connectivity index (χ1v) is 11.0. The Bertz CT molecular complexity index is 514. The number of halogens is 1. The second-order valence-corrected chi connectivity index (χ2v) is 10.6. The number of alkyl halides is 1. The average Bonchev–Trinajstić information content (AvgIpc) is 2.40. The van der Waals surface area contributed by atoms with Crippen molar-refractivity contribution < 1.29 is 28.6 Å². The van der Waals surface area contributed by atoms with E-state index in [1.807, 2.05) is 0 Å². The number of amides is 2. The molecule has 0 aromatic carbocycles. The minimum absolute atomic E-state index is 0.274. The molecular formula is C20H36INO6. The molecule has 0 aromatic heterocycles. The zero-order valence-electron chi connectivity index (χ0n) is 18.7. The van der Waals surface area contributed by atoms with Crippen LogP contribution in [0, 0.1) is 0 Å². The Morgan fingerprint density at radius 1 is 0.750 bits per heavy atom. The highest BCUT2D eigenvalue weighted by Gasteiger charge is 2.41. The van der Waals surface area contributed by atoms with Gasteiger partial charge in [0, 0.05) is 0 Å². The van der Waals surface area contributed by atoms with Crippen LogP contribution in [0.5, 0.6) is 0 Å². The number of hydrogen-bond acceptors (Lipinski definition) is 6. The molecule has 28 heavy (non-hydrogen) atoms. The van der Waals surface area contributed by atoms with E-state index in [0.29, 0.717) is 6.42 Å². The van der Waals surface area contributed by atoms with Gasteiger partial charge in [-0.05, 0) is 79.6 Å². The van der Waals surface area contributed by atoms with Crippen LogP contribution in [0.3, 0.4) is 0 Å². The standard InChI is InChI=1S/C20H36INO6/c1-18(2,3)26-15(23)14(12-10-11-13-21)22(16(24)27-19(4,5)6)17(25)28-20(7,8)9/h14H,10-13H2,1-9H3/t14-/m0/s1. The number of unbranched alkanes of at least 4 members (excludes halogenated alkanes) is 1. The van der Waals surface area contributed by atoms with Crippen LogP contribution in [-0.4, -0.2) is 50.3 Å². The third kappa shape index (κ3) is 11.7. The fourth-order valence-electron chi connectivity index (χ4n) is 2.11. The monoisotopic (exact) mass is 513 g/mol. The number of nitrogens with zero attached hydrogens (tertiary/aromatic N) is 1. The van der Waals surface area contributed by atoms with Crippen molar-refractivity contribution in [2.75, 3.05) is 4.43 Å². The lowest BCUT2D eigenvalue weighted by Crippen LogP contribution is -2.53. The van der Waals surface area contributed by atoms with E-state index in [9.17, 15) is 14.4 Å². The minimum atomic E-state index is -1.12. The molecule has 0 bridgehead atoms. The zero-order chi connectivity index (χ0) is 22.3. The van der Waals surface area contributed by atoms with Crippen molar-refractivity contribution in [2.24, 2.45) is 0 Å². The third-order valence-electron chi connectivity index (χ3n) is 3.03. The molecule has 0 fully saturated rings. The number of imide groups is 1. The van der Waals surface area contributed by atoms with Crippen LogP contribution in [0.1, 0.15) is 81.6 Å². The summed E-state index contributed by atoms with van der Waals surface area (Å²) in [6.45, 7) is 15.3. The second-order valence-electron chi connectivity index (χ2n) is 9.56. The topological polar surface area (TPSA) is 82.1 Å². The fourth-order valence-corrected chi connectivity index (χ4v) is 2.64. The molecule has 0 radical (unpaired) electrons. The van der Waals surface area contributed by atoms with Gasteiger partial charge >= 0.3 is 18.2 Å². The summed E-state index contributed by atoms with van der Waals surface area (Å²) in [6.07, 6.45) is -0.0824. The van der Waals surface area contributed by atoms with E-state index in [0.717, 1.165) is 15.7 Å². The van der Waals surface area contributed by atoms with E-state index < -0.39 is 41.0 Å². The minimum Gasteiger partial charge on any atom is -0.458 e. The zero-order valence-corrected chi connectivity index (χ0v) is 20.8. The maximum absolute atomic E-state index is 12.9. The van der Waals surface area contributed by atoms with Crippen molar-refractivity contribution in [3.63, 3.8) is 0 Å². The normalized spacial score (nSPS) is 13.5. The van der Waals surface area contributed by atoms with Gasteiger partial charge in [-0.2, -0.15) is 4.90 Å². The molecule has 0 saturated heterocycles. The molecular weight excluding hydrogens is 477 g/mol. The van der Waals surface area contributed by atoms with E-state index in [2.05, 4.69) is 22.6 Å². The molecule has 0 spiro atoms. The Kier molecular flexibility index (Phi) is 10.2. The maximum atomic E-state index is 12.9. The molecule has 0 N–H and O–H groups in total. The van der Waals surface area contributed by atoms with Crippen LogP contribution in [-0.2, 0) is 19.0 Å². The fraction of sp³-hybridized carbons (Fsp3) is 0.850. The lowest BCUT2D eigenvalue weighted by Gasteiger charge is -2.33. The Hall–Kier alpha value is -1.06. The first kappa shape index (κ1) is 26.9. The van der Waals surface area contributed by atoms with Gasteiger partial charge in [0.25, 0.3) is 0 Å². The van der Waals surface area contributed by atoms with Crippen LogP contribution in [0.4, 0.5) is 9.59 Å². The summed E-state index contributed by atoms with van der Waals surface area (Å²) in [6, 6.07) is -1.12. The first-order chi connectivity index (χ1) is 12.5. The van der Waals surface area contributed by atoms with Crippen molar-refractivity contribution in [2.45, 2.75) is 104 Å². The van der Waals surface area contributed by atoms with E-state index in [1.54, 1.807) is 62.3 Å². The summed E-state index contributed by atoms with van der Waals surface area (Å²) in [5.41, 5.74) is -2.43. The summed E-state index contributed by atoms with van der Waals surface area (Å²) in [4.78, 5) is 39.3. The average molecular weight is 513 g/mol. The molecule has 0 aromatic rings. The number of ether oxygens (including phenoxy) is 3. The summed E-state index contributed by atoms with van der Waals surface area (Å²) in [7, 11) is 0. The first-order valence-electron chi connectivity index (χ1n) is 9.51. The van der Waals surface area contributed by atoms with E-state index in [-0.39, 0.29) is 6.42 Å². The maximum Gasteiger partial charge on any atom is 0.420 e. The van der Waals surface area contributed by atoms with Crippen molar-refractivity contribution in [1.82, 2.24) is 4.90 Å². The largest absolute Gasteiger partial charge is 0.458 e. The SMILES string of the molecule is CC(C)(C)OC(=O)[C@H](CCCCI)N(C(=O)OC(C)(C)C)C(=O)OC(C)(C)C. The number of hydrogen-bond donors (Lipinski definition) is 0. The molecule has 0 aliphatic carbocycles. The van der Waals surface area contributed by atoms with Gasteiger partial charge in [-0.15, -0.1) is 0 Å². The van der Waals surface area contributed by atoms with Crippen molar-refractivity contribution in [1.29, 1.82) is 0 Å². The van der Waals surface area contributed by atoms with Gasteiger partial charge < -0.3 is 14.2 Å². The van der Waals surface area contributed by atoms with Crippen LogP contribution in [0.15, 0.2) is 0 Å². The molecule has 8 heteroatoms. The van der Waals surface area contributed by atoms with Crippen molar-refractivity contribution in [3.8, 4) is 0 Å². The predicted octanol–water partition coefficient (Wildman–Crippen LogP) is 5.47.